The van der Waals surface area contributed by atoms with Crippen LogP contribution in [0.2, 0.25) is 5.02 Å². The smallest absolute Gasteiger partial charge is 0.338 e. The molecule has 0 spiro atoms. The van der Waals surface area contributed by atoms with Crippen molar-refractivity contribution in [2.45, 2.75) is 19.8 Å². The first-order valence-corrected chi connectivity index (χ1v) is 7.93. The molecule has 0 fully saturated rings. The van der Waals surface area contributed by atoms with Gasteiger partial charge in [-0.1, -0.05) is 37.1 Å². The van der Waals surface area contributed by atoms with E-state index in [4.69, 9.17) is 16.3 Å². The van der Waals surface area contributed by atoms with Crippen LogP contribution in [-0.4, -0.2) is 18.5 Å². The SMILES string of the molecule is CCCCOC(=O)c1cccc(NC(=O)c2c(F)cccc2Cl)c1. The van der Waals surface area contributed by atoms with Gasteiger partial charge in [0.25, 0.3) is 5.91 Å². The molecule has 0 heterocycles. The van der Waals surface area contributed by atoms with E-state index in [0.29, 0.717) is 17.9 Å². The number of hydrogen-bond donors (Lipinski definition) is 1. The molecule has 1 N–H and O–H groups in total. The Labute approximate surface area is 144 Å². The number of unbranched alkanes of at least 4 members (excludes halogenated alkanes) is 1. The molecule has 2 rings (SSSR count). The zero-order valence-corrected chi connectivity index (χ0v) is 13.9. The summed E-state index contributed by atoms with van der Waals surface area (Å²) in [6.07, 6.45) is 1.71. The molecule has 6 heteroatoms. The fourth-order valence-electron chi connectivity index (χ4n) is 2.02. The van der Waals surface area contributed by atoms with Crippen LogP contribution in [-0.2, 0) is 4.74 Å². The Morgan fingerprint density at radius 1 is 1.21 bits per heavy atom. The molecule has 0 aliphatic rings. The van der Waals surface area contributed by atoms with Gasteiger partial charge in [-0.05, 0) is 36.8 Å². The number of rotatable bonds is 6. The van der Waals surface area contributed by atoms with Gasteiger partial charge in [0.15, 0.2) is 0 Å². The summed E-state index contributed by atoms with van der Waals surface area (Å²) >= 11 is 5.87. The average molecular weight is 350 g/mol. The number of ether oxygens (including phenoxy) is 1. The van der Waals surface area contributed by atoms with Crippen molar-refractivity contribution in [2.24, 2.45) is 0 Å². The fourth-order valence-corrected chi connectivity index (χ4v) is 2.27. The molecule has 0 aliphatic carbocycles. The van der Waals surface area contributed by atoms with Crippen LogP contribution in [0.25, 0.3) is 0 Å². The molecular weight excluding hydrogens is 333 g/mol. The summed E-state index contributed by atoms with van der Waals surface area (Å²) in [6.45, 7) is 2.34. The number of anilines is 1. The number of carbonyl (C=O) groups is 2. The van der Waals surface area contributed by atoms with Gasteiger partial charge in [0, 0.05) is 5.69 Å². The van der Waals surface area contributed by atoms with Crippen molar-refractivity contribution in [1.82, 2.24) is 0 Å². The zero-order valence-electron chi connectivity index (χ0n) is 13.1. The van der Waals surface area contributed by atoms with Crippen molar-refractivity contribution >= 4 is 29.2 Å². The molecule has 0 atom stereocenters. The second-order valence-electron chi connectivity index (χ2n) is 5.12. The molecule has 2 aromatic carbocycles. The van der Waals surface area contributed by atoms with Crippen LogP contribution in [0, 0.1) is 5.82 Å². The first-order chi connectivity index (χ1) is 11.5. The average Bonchev–Trinajstić information content (AvgIpc) is 2.55. The molecule has 0 aliphatic heterocycles. The standard InChI is InChI=1S/C18H17ClFNO3/c1-2-3-10-24-18(23)12-6-4-7-13(11-12)21-17(22)16-14(19)8-5-9-15(16)20/h4-9,11H,2-3,10H2,1H3,(H,21,22). The first kappa shape index (κ1) is 17.9. The third-order valence-corrected chi connectivity index (χ3v) is 3.59. The molecule has 2 aromatic rings. The van der Waals surface area contributed by atoms with Gasteiger partial charge in [-0.3, -0.25) is 4.79 Å². The molecular formula is C18H17ClFNO3. The molecule has 4 nitrogen and oxygen atoms in total. The first-order valence-electron chi connectivity index (χ1n) is 7.55. The largest absolute Gasteiger partial charge is 0.462 e. The normalized spacial score (nSPS) is 10.3. The third kappa shape index (κ3) is 4.55. The maximum atomic E-state index is 13.8. The van der Waals surface area contributed by atoms with Crippen LogP contribution in [0.3, 0.4) is 0 Å². The maximum Gasteiger partial charge on any atom is 0.338 e. The van der Waals surface area contributed by atoms with Crippen molar-refractivity contribution in [3.8, 4) is 0 Å². The number of hydrogen-bond acceptors (Lipinski definition) is 3. The van der Waals surface area contributed by atoms with Gasteiger partial charge in [-0.15, -0.1) is 0 Å². The summed E-state index contributed by atoms with van der Waals surface area (Å²) in [7, 11) is 0. The van der Waals surface area contributed by atoms with Crippen LogP contribution in [0.15, 0.2) is 42.5 Å². The number of amides is 1. The van der Waals surface area contributed by atoms with Crippen molar-refractivity contribution in [2.75, 3.05) is 11.9 Å². The maximum absolute atomic E-state index is 13.8. The van der Waals surface area contributed by atoms with E-state index < -0.39 is 17.7 Å². The van der Waals surface area contributed by atoms with Gasteiger partial charge in [-0.25, -0.2) is 9.18 Å². The molecule has 0 radical (unpaired) electrons. The Balaban J connectivity index is 2.12. The molecule has 0 saturated carbocycles. The van der Waals surface area contributed by atoms with Crippen LogP contribution in [0.4, 0.5) is 10.1 Å². The van der Waals surface area contributed by atoms with E-state index >= 15 is 0 Å². The molecule has 0 aromatic heterocycles. The topological polar surface area (TPSA) is 55.4 Å². The highest BCUT2D eigenvalue weighted by molar-refractivity contribution is 6.34. The highest BCUT2D eigenvalue weighted by Gasteiger charge is 2.16. The Morgan fingerprint density at radius 2 is 1.96 bits per heavy atom. The fraction of sp³-hybridized carbons (Fsp3) is 0.222. The number of esters is 1. The highest BCUT2D eigenvalue weighted by atomic mass is 35.5. The minimum Gasteiger partial charge on any atom is -0.462 e. The molecule has 24 heavy (non-hydrogen) atoms. The summed E-state index contributed by atoms with van der Waals surface area (Å²) in [5.74, 6) is -1.87. The lowest BCUT2D eigenvalue weighted by Gasteiger charge is -2.09. The molecule has 1 amide bonds. The van der Waals surface area contributed by atoms with E-state index in [9.17, 15) is 14.0 Å². The quantitative estimate of drug-likeness (QED) is 0.608. The van der Waals surface area contributed by atoms with E-state index in [1.54, 1.807) is 18.2 Å². The summed E-state index contributed by atoms with van der Waals surface area (Å²) < 4.78 is 18.9. The second kappa shape index (κ2) is 8.45. The minimum atomic E-state index is -0.713. The second-order valence-corrected chi connectivity index (χ2v) is 5.53. The zero-order chi connectivity index (χ0) is 17.5. The van der Waals surface area contributed by atoms with Crippen molar-refractivity contribution in [3.63, 3.8) is 0 Å². The van der Waals surface area contributed by atoms with Crippen LogP contribution in [0.1, 0.15) is 40.5 Å². The summed E-state index contributed by atoms with van der Waals surface area (Å²) in [5, 5.41) is 2.55. The van der Waals surface area contributed by atoms with Crippen molar-refractivity contribution < 1.29 is 18.7 Å². The van der Waals surface area contributed by atoms with Gasteiger partial charge in [-0.2, -0.15) is 0 Å². The number of nitrogens with one attached hydrogen (secondary N) is 1. The lowest BCUT2D eigenvalue weighted by molar-refractivity contribution is 0.0499. The van der Waals surface area contributed by atoms with Crippen molar-refractivity contribution in [3.05, 3.63) is 64.4 Å². The van der Waals surface area contributed by atoms with Gasteiger partial charge < -0.3 is 10.1 Å². The molecule has 0 unspecified atom stereocenters. The number of carbonyl (C=O) groups excluding carboxylic acids is 2. The van der Waals surface area contributed by atoms with Gasteiger partial charge in [0.05, 0.1) is 22.8 Å². The minimum absolute atomic E-state index is 0.0163. The molecule has 0 saturated heterocycles. The van der Waals surface area contributed by atoms with E-state index in [1.165, 1.54) is 18.2 Å². The van der Waals surface area contributed by atoms with Crippen LogP contribution in [0.5, 0.6) is 0 Å². The van der Waals surface area contributed by atoms with Gasteiger partial charge in [0.1, 0.15) is 5.82 Å². The summed E-state index contributed by atoms with van der Waals surface area (Å²) in [5.41, 5.74) is 0.419. The predicted octanol–water partition coefficient (Wildman–Crippen LogP) is 4.69. The Hall–Kier alpha value is -2.40. The summed E-state index contributed by atoms with van der Waals surface area (Å²) in [4.78, 5) is 24.1. The lowest BCUT2D eigenvalue weighted by Crippen LogP contribution is -2.15. The third-order valence-electron chi connectivity index (χ3n) is 3.28. The van der Waals surface area contributed by atoms with Crippen LogP contribution >= 0.6 is 11.6 Å². The summed E-state index contributed by atoms with van der Waals surface area (Å²) in [6, 6.07) is 10.3. The van der Waals surface area contributed by atoms with Gasteiger partial charge in [0.2, 0.25) is 0 Å². The van der Waals surface area contributed by atoms with Gasteiger partial charge >= 0.3 is 5.97 Å². The Bertz CT molecular complexity index is 729. The predicted molar refractivity (Wildman–Crippen MR) is 91.0 cm³/mol. The van der Waals surface area contributed by atoms with Crippen LogP contribution < -0.4 is 5.32 Å². The highest BCUT2D eigenvalue weighted by Crippen LogP contribution is 2.21. The molecule has 0 bridgehead atoms. The van der Waals surface area contributed by atoms with E-state index in [-0.39, 0.29) is 10.6 Å². The number of halogens is 2. The van der Waals surface area contributed by atoms with Crippen molar-refractivity contribution in [1.29, 1.82) is 0 Å². The number of benzene rings is 2. The Morgan fingerprint density at radius 3 is 2.67 bits per heavy atom. The lowest BCUT2D eigenvalue weighted by atomic mass is 10.1. The van der Waals surface area contributed by atoms with E-state index in [1.807, 2.05) is 6.92 Å². The van der Waals surface area contributed by atoms with E-state index in [0.717, 1.165) is 18.9 Å². The van der Waals surface area contributed by atoms with E-state index in [2.05, 4.69) is 5.32 Å². The molecule has 126 valence electrons. The monoisotopic (exact) mass is 349 g/mol. The Kier molecular flexibility index (Phi) is 6.32.